The van der Waals surface area contributed by atoms with Crippen molar-refractivity contribution < 1.29 is 36.6 Å². The van der Waals surface area contributed by atoms with Gasteiger partial charge in [-0.05, 0) is 113 Å². The Morgan fingerprint density at radius 3 is 1.43 bits per heavy atom. The number of hydrogen-bond donors (Lipinski definition) is 6. The topological polar surface area (TPSA) is 193 Å². The number of pyridine rings is 2. The number of nitrogens with two attached hydrogens (primary N) is 1. The summed E-state index contributed by atoms with van der Waals surface area (Å²) in [6.07, 6.45) is 5.10. The molecule has 16 nitrogen and oxygen atoms in total. The van der Waals surface area contributed by atoms with Gasteiger partial charge in [-0.3, -0.25) is 19.8 Å². The lowest BCUT2D eigenvalue weighted by Gasteiger charge is -2.32. The quantitative estimate of drug-likeness (QED) is 0.0462. The first-order chi connectivity index (χ1) is 35.8. The van der Waals surface area contributed by atoms with Crippen molar-refractivity contribution in [3.63, 3.8) is 0 Å². The second kappa shape index (κ2) is 28.7. The van der Waals surface area contributed by atoms with Crippen molar-refractivity contribution in [1.82, 2.24) is 49.5 Å². The Morgan fingerprint density at radius 2 is 1.04 bits per heavy atom. The summed E-state index contributed by atoms with van der Waals surface area (Å²) in [5.74, 6) is 1.10. The molecule has 416 valence electrons. The predicted octanol–water partition coefficient (Wildman–Crippen LogP) is 8.48. The van der Waals surface area contributed by atoms with Crippen LogP contribution in [0.15, 0.2) is 49.1 Å². The number of rotatable bonds is 16. The highest BCUT2D eigenvalue weighted by molar-refractivity contribution is 6.28. The van der Waals surface area contributed by atoms with Crippen LogP contribution in [-0.4, -0.2) is 175 Å². The van der Waals surface area contributed by atoms with Gasteiger partial charge < -0.3 is 41.7 Å². The maximum absolute atomic E-state index is 13.5. The minimum atomic E-state index is -4.40. The van der Waals surface area contributed by atoms with E-state index >= 15 is 0 Å². The third-order valence-electron chi connectivity index (χ3n) is 14.1. The molecule has 23 heteroatoms. The van der Waals surface area contributed by atoms with E-state index in [1.807, 2.05) is 30.6 Å². The first-order valence-corrected chi connectivity index (χ1v) is 26.8. The van der Waals surface area contributed by atoms with Gasteiger partial charge >= 0.3 is 12.4 Å². The molecular formula is C52H77ClF6N14O2. The van der Waals surface area contributed by atoms with Crippen molar-refractivity contribution in [2.45, 2.75) is 153 Å². The normalized spacial score (nSPS) is 22.2. The maximum atomic E-state index is 13.5. The third-order valence-corrected chi connectivity index (χ3v) is 14.3. The number of nitrogens with one attached hydrogen (secondary N) is 3. The van der Waals surface area contributed by atoms with E-state index < -0.39 is 24.4 Å². The molecule has 0 radical (unpaired) electrons. The minimum absolute atomic E-state index is 0.0174. The van der Waals surface area contributed by atoms with Crippen molar-refractivity contribution in [2.75, 3.05) is 82.4 Å². The van der Waals surface area contributed by atoms with Crippen LogP contribution in [0.2, 0.25) is 5.28 Å². The Labute approximate surface area is 442 Å². The number of halogens is 7. The van der Waals surface area contributed by atoms with Crippen LogP contribution in [0.4, 0.5) is 43.9 Å². The smallest absolute Gasteiger partial charge is 0.393 e. The molecule has 4 aromatic rings. The van der Waals surface area contributed by atoms with E-state index in [9.17, 15) is 36.6 Å². The fourth-order valence-electron chi connectivity index (χ4n) is 9.35. The molecule has 4 fully saturated rings. The molecule has 7 N–H and O–H groups in total. The molecule has 2 aliphatic carbocycles. The zero-order valence-electron chi connectivity index (χ0n) is 43.7. The van der Waals surface area contributed by atoms with Crippen LogP contribution >= 0.6 is 11.6 Å². The van der Waals surface area contributed by atoms with E-state index in [1.54, 1.807) is 20.0 Å². The highest BCUT2D eigenvalue weighted by Gasteiger charge is 2.39. The van der Waals surface area contributed by atoms with Crippen LogP contribution in [0.1, 0.15) is 102 Å². The zero-order chi connectivity index (χ0) is 54.1. The molecule has 2 saturated heterocycles. The lowest BCUT2D eigenvalue weighted by molar-refractivity contribution is -0.149. The van der Waals surface area contributed by atoms with E-state index in [2.05, 4.69) is 85.6 Å². The second-order valence-electron chi connectivity index (χ2n) is 20.4. The average Bonchev–Trinajstić information content (AvgIpc) is 3.37. The van der Waals surface area contributed by atoms with E-state index in [-0.39, 0.29) is 48.4 Å². The molecule has 0 bridgehead atoms. The van der Waals surface area contributed by atoms with E-state index in [0.29, 0.717) is 48.6 Å². The molecule has 2 aliphatic heterocycles. The monoisotopic (exact) mass is 1080 g/mol. The SMILES string of the molecule is CCC[C@H](N)C(F)(F)F.CCC[C@H](Nc1ncc(-c2ccc(CN3CCN(C)CC3)cn2)c(NC2CCC(O)CC2)n1)C(F)(F)F.CN1CCN(Cc2ccc(-c3cnc(Cl)nc3NC3CCC(O)CC3)nc2)CC1. The largest absolute Gasteiger partial charge is 0.408 e. The van der Waals surface area contributed by atoms with E-state index in [4.69, 9.17) is 17.3 Å². The van der Waals surface area contributed by atoms with Crippen LogP contribution in [0.3, 0.4) is 0 Å². The van der Waals surface area contributed by atoms with Crippen LogP contribution < -0.4 is 21.7 Å². The molecule has 4 aliphatic rings. The minimum Gasteiger partial charge on any atom is -0.393 e. The van der Waals surface area contributed by atoms with Crippen molar-refractivity contribution >= 4 is 29.2 Å². The predicted molar refractivity (Wildman–Crippen MR) is 282 cm³/mol. The Balaban J connectivity index is 0.000000214. The number of hydrogen-bond acceptors (Lipinski definition) is 16. The van der Waals surface area contributed by atoms with Gasteiger partial charge in [-0.25, -0.2) is 15.0 Å². The van der Waals surface area contributed by atoms with Gasteiger partial charge in [0, 0.05) is 102 Å². The van der Waals surface area contributed by atoms with Crippen LogP contribution in [-0.2, 0) is 13.1 Å². The number of nitrogens with zero attached hydrogens (tertiary/aromatic N) is 10. The lowest BCUT2D eigenvalue weighted by Crippen LogP contribution is -2.43. The van der Waals surface area contributed by atoms with Crippen LogP contribution in [0.5, 0.6) is 0 Å². The molecule has 2 saturated carbocycles. The Bertz CT molecular complexity index is 2290. The Kier molecular flexibility index (Phi) is 22.9. The van der Waals surface area contributed by atoms with E-state index in [0.717, 1.165) is 121 Å². The number of likely N-dealkylation sites (N-methyl/N-ethyl adjacent to an activating group) is 2. The fourth-order valence-corrected chi connectivity index (χ4v) is 9.49. The zero-order valence-corrected chi connectivity index (χ0v) is 44.5. The molecule has 0 amide bonds. The van der Waals surface area contributed by atoms with Crippen molar-refractivity contribution in [3.05, 3.63) is 65.5 Å². The van der Waals surface area contributed by atoms with Crippen molar-refractivity contribution in [1.29, 1.82) is 0 Å². The van der Waals surface area contributed by atoms with Gasteiger partial charge in [0.25, 0.3) is 0 Å². The molecule has 0 aromatic carbocycles. The number of piperazine rings is 2. The first-order valence-electron chi connectivity index (χ1n) is 26.4. The molecule has 4 aromatic heterocycles. The second-order valence-corrected chi connectivity index (χ2v) is 20.7. The van der Waals surface area contributed by atoms with E-state index in [1.165, 1.54) is 11.8 Å². The average molecular weight is 1080 g/mol. The maximum Gasteiger partial charge on any atom is 0.408 e. The third kappa shape index (κ3) is 19.5. The summed E-state index contributed by atoms with van der Waals surface area (Å²) < 4.78 is 75.0. The van der Waals surface area contributed by atoms with Gasteiger partial charge in [0.05, 0.1) is 34.7 Å². The Hall–Kier alpha value is -4.55. The summed E-state index contributed by atoms with van der Waals surface area (Å²) in [5.41, 5.74) is 10.0. The summed E-state index contributed by atoms with van der Waals surface area (Å²) in [7, 11) is 4.30. The molecule has 2 atom stereocenters. The summed E-state index contributed by atoms with van der Waals surface area (Å²) in [6, 6.07) is 5.12. The number of aliphatic hydroxyl groups is 2. The highest BCUT2D eigenvalue weighted by atomic mass is 35.5. The number of anilines is 3. The number of aromatic nitrogens is 6. The summed E-state index contributed by atoms with van der Waals surface area (Å²) >= 11 is 6.06. The van der Waals surface area contributed by atoms with Gasteiger partial charge in [0.1, 0.15) is 23.7 Å². The fraction of sp³-hybridized carbons (Fsp3) is 0.654. The summed E-state index contributed by atoms with van der Waals surface area (Å²) in [4.78, 5) is 36.2. The van der Waals surface area contributed by atoms with Crippen LogP contribution in [0.25, 0.3) is 22.5 Å². The van der Waals surface area contributed by atoms with Crippen LogP contribution in [0, 0.1) is 0 Å². The van der Waals surface area contributed by atoms with Gasteiger partial charge in [-0.1, -0.05) is 38.8 Å². The molecule has 75 heavy (non-hydrogen) atoms. The Morgan fingerprint density at radius 1 is 0.600 bits per heavy atom. The first kappa shape index (κ1) is 59.7. The highest BCUT2D eigenvalue weighted by Crippen LogP contribution is 2.33. The molecule has 0 unspecified atom stereocenters. The molecule has 0 spiro atoms. The number of aliphatic hydroxyl groups excluding tert-OH is 2. The summed E-state index contributed by atoms with van der Waals surface area (Å²) in [6.45, 7) is 13.7. The van der Waals surface area contributed by atoms with Gasteiger partial charge in [0.2, 0.25) is 11.2 Å². The summed E-state index contributed by atoms with van der Waals surface area (Å²) in [5, 5.41) is 29.2. The molecule has 8 rings (SSSR count). The van der Waals surface area contributed by atoms with Gasteiger partial charge in [0.15, 0.2) is 0 Å². The van der Waals surface area contributed by atoms with Gasteiger partial charge in [-0.2, -0.15) is 31.3 Å². The molecular weight excluding hydrogens is 1000 g/mol. The van der Waals surface area contributed by atoms with Crippen molar-refractivity contribution in [3.8, 4) is 22.5 Å². The standard InChI is InChI=1S/C26H38F3N7O.C21H29ClN6O.C5H10F3N/c1-3-4-23(26(27,28)29)33-25-31-16-21(24(34-25)32-19-6-8-20(37)9-7-19)22-10-5-18(15-30-22)17-36-13-11-35(2)12-14-36;1-27-8-10-28(11-9-27)14-15-2-7-19(23-12-15)18-13-24-21(22)26-20(18)25-16-3-5-17(29)6-4-16;1-2-3-4(9)5(6,7)8/h5,10,15-16,19-20,23,37H,3-4,6-9,11-14,17H2,1-2H3,(H2,31,32,33,34);2,7,12-13,16-17,29H,3-6,8-11,14H2,1H3,(H,24,25,26);4H,2-3,9H2,1H3/t19?,20?,23-;;4-/m0.0/s1. The number of alkyl halides is 6. The lowest BCUT2D eigenvalue weighted by atomic mass is 9.93. The van der Waals surface area contributed by atoms with Gasteiger partial charge in [-0.15, -0.1) is 0 Å². The molecule has 6 heterocycles. The van der Waals surface area contributed by atoms with Crippen molar-refractivity contribution in [2.24, 2.45) is 5.73 Å².